The number of hydrogen-bond donors (Lipinski definition) is 0. The molecule has 0 atom stereocenters. The molecule has 0 bridgehead atoms. The first kappa shape index (κ1) is 12.9. The Morgan fingerprint density at radius 1 is 1.11 bits per heavy atom. The Balaban J connectivity index is 2.33. The number of hydrogen-bond acceptors (Lipinski definition) is 1. The van der Waals surface area contributed by atoms with Crippen LogP contribution in [0.25, 0.3) is 0 Å². The van der Waals surface area contributed by atoms with Gasteiger partial charge in [-0.1, -0.05) is 0 Å². The van der Waals surface area contributed by atoms with E-state index in [0.29, 0.717) is 25.2 Å². The van der Waals surface area contributed by atoms with Gasteiger partial charge in [0.2, 0.25) is 0 Å². The fraction of sp³-hybridized carbons (Fsp3) is 0.417. The van der Waals surface area contributed by atoms with Crippen LogP contribution in [0.1, 0.15) is 28.8 Å². The maximum atomic E-state index is 13.1. The molecular weight excluding hydrogens is 250 g/mol. The highest BCUT2D eigenvalue weighted by Gasteiger charge is 2.32. The smallest absolute Gasteiger partial charge is 0.339 e. The number of rotatable bonds is 1. The third kappa shape index (κ3) is 2.63. The summed E-state index contributed by atoms with van der Waals surface area (Å²) in [4.78, 5) is 13.3. The molecule has 2 nitrogen and oxygen atoms in total. The summed E-state index contributed by atoms with van der Waals surface area (Å²) in [5, 5.41) is 0. The van der Waals surface area contributed by atoms with Crippen LogP contribution in [0.5, 0.6) is 0 Å². The number of likely N-dealkylation sites (tertiary alicyclic amines) is 1. The Morgan fingerprint density at radius 3 is 2.28 bits per heavy atom. The van der Waals surface area contributed by atoms with E-state index in [9.17, 15) is 22.4 Å². The molecule has 6 heteroatoms. The summed E-state index contributed by atoms with van der Waals surface area (Å²) in [5.41, 5.74) is -1.38. The Labute approximate surface area is 101 Å². The second-order valence-corrected chi connectivity index (χ2v) is 4.23. The van der Waals surface area contributed by atoms with Gasteiger partial charge < -0.3 is 4.90 Å². The zero-order chi connectivity index (χ0) is 13.3. The van der Waals surface area contributed by atoms with E-state index in [-0.39, 0.29) is 5.56 Å². The lowest BCUT2D eigenvalue weighted by atomic mass is 10.1. The molecule has 2 rings (SSSR count). The maximum Gasteiger partial charge on any atom is 0.416 e. The van der Waals surface area contributed by atoms with Crippen molar-refractivity contribution < 1.29 is 22.4 Å². The van der Waals surface area contributed by atoms with Gasteiger partial charge in [0.1, 0.15) is 5.82 Å². The molecule has 0 radical (unpaired) electrons. The number of benzene rings is 1. The van der Waals surface area contributed by atoms with Crippen molar-refractivity contribution in [3.8, 4) is 0 Å². The van der Waals surface area contributed by atoms with Gasteiger partial charge >= 0.3 is 6.18 Å². The predicted molar refractivity (Wildman–Crippen MR) is 56.5 cm³/mol. The third-order valence-electron chi connectivity index (χ3n) is 2.87. The second-order valence-electron chi connectivity index (χ2n) is 4.23. The van der Waals surface area contributed by atoms with E-state index in [4.69, 9.17) is 0 Å². The highest BCUT2D eigenvalue weighted by molar-refractivity contribution is 5.94. The second kappa shape index (κ2) is 4.59. The van der Waals surface area contributed by atoms with E-state index in [1.54, 1.807) is 0 Å². The number of carbonyl (C=O) groups is 1. The average molecular weight is 261 g/mol. The summed E-state index contributed by atoms with van der Waals surface area (Å²) < 4.78 is 50.6. The topological polar surface area (TPSA) is 20.3 Å². The zero-order valence-corrected chi connectivity index (χ0v) is 9.43. The quantitative estimate of drug-likeness (QED) is 0.711. The average Bonchev–Trinajstić information content (AvgIpc) is 2.79. The summed E-state index contributed by atoms with van der Waals surface area (Å²) in [7, 11) is 0. The summed E-state index contributed by atoms with van der Waals surface area (Å²) >= 11 is 0. The molecule has 0 saturated carbocycles. The first-order valence-electron chi connectivity index (χ1n) is 5.55. The molecule has 1 aromatic rings. The minimum Gasteiger partial charge on any atom is -0.339 e. The van der Waals surface area contributed by atoms with Crippen molar-refractivity contribution in [1.82, 2.24) is 4.90 Å². The largest absolute Gasteiger partial charge is 0.416 e. The summed E-state index contributed by atoms with van der Waals surface area (Å²) in [6.07, 6.45) is -3.00. The highest BCUT2D eigenvalue weighted by atomic mass is 19.4. The summed E-state index contributed by atoms with van der Waals surface area (Å²) in [6.45, 7) is 1.02. The van der Waals surface area contributed by atoms with Crippen molar-refractivity contribution in [3.63, 3.8) is 0 Å². The van der Waals surface area contributed by atoms with E-state index in [2.05, 4.69) is 0 Å². The molecule has 1 saturated heterocycles. The molecule has 0 aromatic heterocycles. The summed E-state index contributed by atoms with van der Waals surface area (Å²) in [5.74, 6) is -1.59. The van der Waals surface area contributed by atoms with E-state index in [1.807, 2.05) is 0 Å². The van der Waals surface area contributed by atoms with Crippen molar-refractivity contribution in [2.24, 2.45) is 0 Å². The van der Waals surface area contributed by atoms with Gasteiger partial charge in [0, 0.05) is 18.7 Å². The van der Waals surface area contributed by atoms with Crippen LogP contribution >= 0.6 is 0 Å². The van der Waals surface area contributed by atoms with E-state index in [1.165, 1.54) is 4.90 Å². The van der Waals surface area contributed by atoms with E-state index in [0.717, 1.165) is 18.9 Å². The van der Waals surface area contributed by atoms with Crippen molar-refractivity contribution >= 4 is 5.91 Å². The molecule has 18 heavy (non-hydrogen) atoms. The molecule has 0 N–H and O–H groups in total. The van der Waals surface area contributed by atoms with Gasteiger partial charge in [-0.05, 0) is 31.0 Å². The van der Waals surface area contributed by atoms with Crippen LogP contribution in [-0.4, -0.2) is 23.9 Å². The minimum atomic E-state index is -4.65. The van der Waals surface area contributed by atoms with Crippen LogP contribution in [0.4, 0.5) is 17.6 Å². The van der Waals surface area contributed by atoms with Gasteiger partial charge in [-0.2, -0.15) is 13.2 Å². The first-order valence-corrected chi connectivity index (χ1v) is 5.55. The molecule has 1 aromatic carbocycles. The van der Waals surface area contributed by atoms with Crippen molar-refractivity contribution in [1.29, 1.82) is 0 Å². The predicted octanol–water partition coefficient (Wildman–Crippen LogP) is 3.08. The van der Waals surface area contributed by atoms with Crippen molar-refractivity contribution in [2.75, 3.05) is 13.1 Å². The van der Waals surface area contributed by atoms with Crippen LogP contribution in [0.15, 0.2) is 18.2 Å². The molecule has 1 aliphatic rings. The number of alkyl halides is 3. The van der Waals surface area contributed by atoms with Gasteiger partial charge in [0.05, 0.1) is 5.56 Å². The maximum absolute atomic E-state index is 13.1. The summed E-state index contributed by atoms with van der Waals surface area (Å²) in [6, 6.07) is 1.93. The lowest BCUT2D eigenvalue weighted by Gasteiger charge is -2.16. The fourth-order valence-corrected chi connectivity index (χ4v) is 1.98. The standard InChI is InChI=1S/C12H11F4NO/c13-10-6-8(5-9(7-10)12(14,15)16)11(18)17-3-1-2-4-17/h5-7H,1-4H2. The number of amides is 1. The molecule has 1 fully saturated rings. The lowest BCUT2D eigenvalue weighted by molar-refractivity contribution is -0.137. The molecule has 0 unspecified atom stereocenters. The van der Waals surface area contributed by atoms with Gasteiger partial charge in [-0.15, -0.1) is 0 Å². The molecule has 1 heterocycles. The molecule has 0 aliphatic carbocycles. The van der Waals surface area contributed by atoms with Gasteiger partial charge in [0.15, 0.2) is 0 Å². The Kier molecular flexibility index (Phi) is 3.28. The van der Waals surface area contributed by atoms with Crippen LogP contribution in [0.3, 0.4) is 0 Å². The zero-order valence-electron chi connectivity index (χ0n) is 9.43. The monoisotopic (exact) mass is 261 g/mol. The molecule has 0 spiro atoms. The SMILES string of the molecule is O=C(c1cc(F)cc(C(F)(F)F)c1)N1CCCC1. The molecule has 98 valence electrons. The Hall–Kier alpha value is -1.59. The molecule has 1 aliphatic heterocycles. The van der Waals surface area contributed by atoms with Gasteiger partial charge in [-0.25, -0.2) is 4.39 Å². The number of halogens is 4. The van der Waals surface area contributed by atoms with Crippen LogP contribution in [-0.2, 0) is 6.18 Å². The molecule has 1 amide bonds. The normalized spacial score (nSPS) is 16.1. The van der Waals surface area contributed by atoms with Crippen LogP contribution in [0, 0.1) is 5.82 Å². The lowest BCUT2D eigenvalue weighted by Crippen LogP contribution is -2.28. The number of carbonyl (C=O) groups excluding carboxylic acids is 1. The van der Waals surface area contributed by atoms with Gasteiger partial charge in [0.25, 0.3) is 5.91 Å². The Bertz CT molecular complexity index is 464. The van der Waals surface area contributed by atoms with Gasteiger partial charge in [-0.3, -0.25) is 4.79 Å². The van der Waals surface area contributed by atoms with Crippen molar-refractivity contribution in [3.05, 3.63) is 35.1 Å². The minimum absolute atomic E-state index is 0.246. The third-order valence-corrected chi connectivity index (χ3v) is 2.87. The highest BCUT2D eigenvalue weighted by Crippen LogP contribution is 2.30. The Morgan fingerprint density at radius 2 is 1.72 bits per heavy atom. The molecular formula is C12H11F4NO. The van der Waals surface area contributed by atoms with E-state index >= 15 is 0 Å². The van der Waals surface area contributed by atoms with Crippen LogP contribution in [0.2, 0.25) is 0 Å². The first-order chi connectivity index (χ1) is 8.38. The number of nitrogens with zero attached hydrogens (tertiary/aromatic N) is 1. The van der Waals surface area contributed by atoms with E-state index < -0.39 is 23.5 Å². The van der Waals surface area contributed by atoms with Crippen molar-refractivity contribution in [2.45, 2.75) is 19.0 Å². The van der Waals surface area contributed by atoms with Crippen LogP contribution < -0.4 is 0 Å². The fourth-order valence-electron chi connectivity index (χ4n) is 1.98.